The maximum Gasteiger partial charge on any atom is 0.178 e. The Kier molecular flexibility index (Phi) is 8.42. The average molecular weight is 437 g/mol. The Morgan fingerprint density at radius 3 is 2.39 bits per heavy atom. The van der Waals surface area contributed by atoms with Crippen LogP contribution in [-0.4, -0.2) is 57.9 Å². The van der Waals surface area contributed by atoms with Crippen LogP contribution < -0.4 is 0 Å². The molecule has 4 rings (SSSR count). The molecule has 6 heteroatoms. The minimum Gasteiger partial charge on any atom is -0.400 e. The molecule has 3 saturated carbocycles. The molecule has 0 saturated heterocycles. The van der Waals surface area contributed by atoms with Crippen molar-refractivity contribution in [2.45, 2.75) is 72.0 Å². The Balaban J connectivity index is 0.000000513. The van der Waals surface area contributed by atoms with Crippen LogP contribution in [0.2, 0.25) is 0 Å². The topological polar surface area (TPSA) is 115 Å². The van der Waals surface area contributed by atoms with Gasteiger partial charge in [0.25, 0.3) is 0 Å². The van der Waals surface area contributed by atoms with Gasteiger partial charge in [0, 0.05) is 30.5 Å². The van der Waals surface area contributed by atoms with Gasteiger partial charge in [0.2, 0.25) is 0 Å². The van der Waals surface area contributed by atoms with Crippen LogP contribution in [0.25, 0.3) is 0 Å². The fraction of sp³-hybridized carbons (Fsp3) is 0.760. The van der Waals surface area contributed by atoms with Crippen LogP contribution in [0.15, 0.2) is 23.8 Å². The normalized spacial score (nSPS) is 40.4. The number of rotatable bonds is 2. The molecule has 0 heterocycles. The quantitative estimate of drug-likeness (QED) is 0.529. The molecular weight excluding hydrogens is 396 g/mol. The van der Waals surface area contributed by atoms with E-state index in [9.17, 15) is 19.8 Å². The second-order valence-electron chi connectivity index (χ2n) is 10.1. The highest BCUT2D eigenvalue weighted by molar-refractivity contribution is 6.01. The minimum absolute atomic E-state index is 0.0514. The van der Waals surface area contributed by atoms with Gasteiger partial charge in [-0.25, -0.2) is 0 Å². The molecule has 0 spiro atoms. The molecule has 6 nitrogen and oxygen atoms in total. The third-order valence-corrected chi connectivity index (χ3v) is 8.04. The highest BCUT2D eigenvalue weighted by Crippen LogP contribution is 2.66. The van der Waals surface area contributed by atoms with Crippen molar-refractivity contribution < 1.29 is 30.0 Å². The van der Waals surface area contributed by atoms with Gasteiger partial charge in [0.05, 0.1) is 6.10 Å². The summed E-state index contributed by atoms with van der Waals surface area (Å²) in [6.07, 6.45) is 9.09. The third kappa shape index (κ3) is 4.72. The van der Waals surface area contributed by atoms with E-state index in [-0.39, 0.29) is 40.3 Å². The molecular formula is C25H40O6. The van der Waals surface area contributed by atoms with Crippen LogP contribution in [-0.2, 0) is 9.59 Å². The van der Waals surface area contributed by atoms with Crippen molar-refractivity contribution in [3.63, 3.8) is 0 Å². The second kappa shape index (κ2) is 10.1. The van der Waals surface area contributed by atoms with Gasteiger partial charge in [-0.2, -0.15) is 0 Å². The lowest BCUT2D eigenvalue weighted by molar-refractivity contribution is -0.141. The fourth-order valence-corrected chi connectivity index (χ4v) is 6.96. The molecule has 3 fully saturated rings. The van der Waals surface area contributed by atoms with Gasteiger partial charge in [0.1, 0.15) is 6.61 Å². The van der Waals surface area contributed by atoms with E-state index in [0.717, 1.165) is 38.4 Å². The monoisotopic (exact) mass is 436 g/mol. The van der Waals surface area contributed by atoms with E-state index in [1.807, 2.05) is 6.08 Å². The summed E-state index contributed by atoms with van der Waals surface area (Å²) >= 11 is 0. The second-order valence-corrected chi connectivity index (χ2v) is 10.1. The average Bonchev–Trinajstić information content (AvgIpc) is 3.05. The number of aliphatic hydroxyl groups excluding tert-OH is 4. The summed E-state index contributed by atoms with van der Waals surface area (Å²) < 4.78 is 0. The maximum absolute atomic E-state index is 12.3. The lowest BCUT2D eigenvalue weighted by atomic mass is 9.46. The molecule has 0 amide bonds. The number of hydrogen-bond donors (Lipinski definition) is 4. The Bertz CT molecular complexity index is 723. The maximum atomic E-state index is 12.3. The molecule has 0 aromatic rings. The Hall–Kier alpha value is -1.34. The molecule has 4 N–H and O–H groups in total. The van der Waals surface area contributed by atoms with Crippen LogP contribution in [0.3, 0.4) is 0 Å². The summed E-state index contributed by atoms with van der Waals surface area (Å²) in [7, 11) is 1.00. The summed E-state index contributed by atoms with van der Waals surface area (Å²) in [4.78, 5) is 24.1. The van der Waals surface area contributed by atoms with Gasteiger partial charge in [0.15, 0.2) is 11.6 Å². The molecule has 176 valence electrons. The first-order valence-electron chi connectivity index (χ1n) is 11.4. The van der Waals surface area contributed by atoms with Crippen LogP contribution in [0.4, 0.5) is 0 Å². The molecule has 4 aliphatic rings. The van der Waals surface area contributed by atoms with Gasteiger partial charge in [-0.15, -0.1) is 0 Å². The van der Waals surface area contributed by atoms with Gasteiger partial charge in [-0.1, -0.05) is 25.5 Å². The molecule has 0 aliphatic heterocycles. The van der Waals surface area contributed by atoms with E-state index in [0.29, 0.717) is 18.3 Å². The van der Waals surface area contributed by atoms with E-state index >= 15 is 0 Å². The Morgan fingerprint density at radius 1 is 1.19 bits per heavy atom. The molecule has 0 aromatic carbocycles. The molecule has 0 bridgehead atoms. The number of allylic oxidation sites excluding steroid dienone is 4. The van der Waals surface area contributed by atoms with Crippen molar-refractivity contribution >= 4 is 11.6 Å². The highest BCUT2D eigenvalue weighted by Gasteiger charge is 2.62. The largest absolute Gasteiger partial charge is 0.400 e. The van der Waals surface area contributed by atoms with Gasteiger partial charge in [-0.05, 0) is 75.4 Å². The van der Waals surface area contributed by atoms with Crippen molar-refractivity contribution in [3.8, 4) is 0 Å². The number of Topliss-reactive ketones (excluding diaryl/α,β-unsaturated/α-hetero) is 1. The van der Waals surface area contributed by atoms with Crippen molar-refractivity contribution in [1.29, 1.82) is 0 Å². The fourth-order valence-electron chi connectivity index (χ4n) is 6.96. The number of carbonyl (C=O) groups excluding carboxylic acids is 2. The summed E-state index contributed by atoms with van der Waals surface area (Å²) in [6, 6.07) is 0. The van der Waals surface area contributed by atoms with Crippen molar-refractivity contribution in [2.24, 2.45) is 34.5 Å². The standard InChI is InChI=1S/C21H28O4.C3H8O.CH4O/c1-20-8-7-13(23)9-12(20)3-4-14-15-5-6-16(18(25)11-22)21(15,2)10-17(24)19(14)20;1-3(2)4;1-2/h7-9,14-17,19,22,24H,3-6,10-11H2,1-2H3;3-4H,1-2H3;2H,1H3/t14?,15?,16?,17?,19?,20?,21-;;/m0../s1. The summed E-state index contributed by atoms with van der Waals surface area (Å²) in [5.41, 5.74) is 0.688. The van der Waals surface area contributed by atoms with Gasteiger partial charge in [-0.3, -0.25) is 9.59 Å². The zero-order valence-corrected chi connectivity index (χ0v) is 19.5. The number of fused-ring (bicyclic) bond motifs is 5. The Labute approximate surface area is 186 Å². The summed E-state index contributed by atoms with van der Waals surface area (Å²) in [5, 5.41) is 35.6. The van der Waals surface area contributed by atoms with Crippen LogP contribution in [0, 0.1) is 34.5 Å². The molecule has 0 aromatic heterocycles. The van der Waals surface area contributed by atoms with E-state index in [1.54, 1.807) is 26.0 Å². The van der Waals surface area contributed by atoms with Gasteiger partial charge >= 0.3 is 0 Å². The lowest BCUT2D eigenvalue weighted by Crippen LogP contribution is -2.56. The number of aliphatic hydroxyl groups is 4. The van der Waals surface area contributed by atoms with Crippen LogP contribution >= 0.6 is 0 Å². The minimum atomic E-state index is -0.482. The molecule has 4 aliphatic carbocycles. The molecule has 31 heavy (non-hydrogen) atoms. The SMILES string of the molecule is CC(C)O.CC12C=CC(=O)C=C1CCC1C2C(O)C[C@]2(C)C(C(=O)CO)CCC12.CO. The highest BCUT2D eigenvalue weighted by atomic mass is 16.3. The first-order chi connectivity index (χ1) is 14.5. The third-order valence-electron chi connectivity index (χ3n) is 8.04. The predicted molar refractivity (Wildman–Crippen MR) is 119 cm³/mol. The number of carbonyl (C=O) groups is 2. The van der Waals surface area contributed by atoms with Gasteiger partial charge < -0.3 is 20.4 Å². The van der Waals surface area contributed by atoms with Crippen LogP contribution in [0.5, 0.6) is 0 Å². The number of hydrogen-bond acceptors (Lipinski definition) is 6. The predicted octanol–water partition coefficient (Wildman–Crippen LogP) is 2.44. The van der Waals surface area contributed by atoms with Crippen LogP contribution in [0.1, 0.15) is 59.8 Å². The lowest BCUT2D eigenvalue weighted by Gasteiger charge is -2.58. The summed E-state index contributed by atoms with van der Waals surface area (Å²) in [6.45, 7) is 7.36. The first kappa shape index (κ1) is 25.9. The van der Waals surface area contributed by atoms with E-state index in [2.05, 4.69) is 13.8 Å². The Morgan fingerprint density at radius 2 is 1.81 bits per heavy atom. The van der Waals surface area contributed by atoms with E-state index in [4.69, 9.17) is 10.2 Å². The van der Waals surface area contributed by atoms with Crippen molar-refractivity contribution in [3.05, 3.63) is 23.8 Å². The smallest absolute Gasteiger partial charge is 0.178 e. The van der Waals surface area contributed by atoms with Crippen molar-refractivity contribution in [1.82, 2.24) is 0 Å². The molecule has 7 atom stereocenters. The zero-order valence-electron chi connectivity index (χ0n) is 19.5. The van der Waals surface area contributed by atoms with E-state index < -0.39 is 12.7 Å². The zero-order chi connectivity index (χ0) is 23.6. The summed E-state index contributed by atoms with van der Waals surface area (Å²) in [5.74, 6) is 0.734. The molecule has 0 radical (unpaired) electrons. The molecule has 6 unspecified atom stereocenters. The van der Waals surface area contributed by atoms with Crippen molar-refractivity contribution in [2.75, 3.05) is 13.7 Å². The number of ketones is 2. The van der Waals surface area contributed by atoms with E-state index in [1.165, 1.54) is 0 Å². The first-order valence-corrected chi connectivity index (χ1v) is 11.4.